The van der Waals surface area contributed by atoms with Gasteiger partial charge in [0.1, 0.15) is 6.07 Å². The van der Waals surface area contributed by atoms with E-state index in [9.17, 15) is 5.11 Å². The summed E-state index contributed by atoms with van der Waals surface area (Å²) >= 11 is 0. The molecule has 1 heterocycles. The highest BCUT2D eigenvalue weighted by Gasteiger charge is 2.25. The second-order valence-electron chi connectivity index (χ2n) is 4.24. The number of likely N-dealkylation sites (N-methyl/N-ethyl adjacent to an activating group) is 1. The first-order valence-electron chi connectivity index (χ1n) is 4.93. The van der Waals surface area contributed by atoms with Gasteiger partial charge >= 0.3 is 0 Å². The number of nitrogen functional groups attached to an aromatic ring is 1. The average molecular weight is 220 g/mol. The van der Waals surface area contributed by atoms with Crippen molar-refractivity contribution in [1.82, 2.24) is 4.98 Å². The number of anilines is 2. The first-order chi connectivity index (χ1) is 7.44. The molecule has 0 aliphatic carbocycles. The summed E-state index contributed by atoms with van der Waals surface area (Å²) in [5.74, 6) is 0.512. The van der Waals surface area contributed by atoms with Crippen LogP contribution in [0.1, 0.15) is 19.4 Å². The molecule has 0 fully saturated rings. The van der Waals surface area contributed by atoms with Crippen molar-refractivity contribution >= 4 is 11.5 Å². The molecule has 0 bridgehead atoms. The summed E-state index contributed by atoms with van der Waals surface area (Å²) in [6.07, 6.45) is 1.54. The van der Waals surface area contributed by atoms with Crippen LogP contribution in [-0.4, -0.2) is 29.3 Å². The standard InChI is InChI=1S/C11H16N4O/c1-11(2,7-16)15(3)10-9(13)8(6-12)4-5-14-10/h4-5,16H,7,13H2,1-3H3. The van der Waals surface area contributed by atoms with Crippen molar-refractivity contribution < 1.29 is 5.11 Å². The van der Waals surface area contributed by atoms with Gasteiger partial charge in [-0.15, -0.1) is 0 Å². The third kappa shape index (κ3) is 2.07. The lowest BCUT2D eigenvalue weighted by Gasteiger charge is -2.35. The number of hydrogen-bond donors (Lipinski definition) is 2. The maximum atomic E-state index is 9.27. The zero-order chi connectivity index (χ0) is 12.3. The highest BCUT2D eigenvalue weighted by molar-refractivity contribution is 5.70. The summed E-state index contributed by atoms with van der Waals surface area (Å²) in [4.78, 5) is 5.91. The van der Waals surface area contributed by atoms with Crippen LogP contribution in [0.5, 0.6) is 0 Å². The molecular formula is C11H16N4O. The van der Waals surface area contributed by atoms with Crippen LogP contribution >= 0.6 is 0 Å². The quantitative estimate of drug-likeness (QED) is 0.784. The normalized spacial score (nSPS) is 10.9. The number of aromatic nitrogens is 1. The molecular weight excluding hydrogens is 204 g/mol. The van der Waals surface area contributed by atoms with Crippen LogP contribution in [0.25, 0.3) is 0 Å². The molecule has 0 spiro atoms. The second kappa shape index (κ2) is 4.37. The van der Waals surface area contributed by atoms with E-state index in [4.69, 9.17) is 11.0 Å². The first kappa shape index (κ1) is 12.3. The summed E-state index contributed by atoms with van der Waals surface area (Å²) in [6.45, 7) is 3.71. The van der Waals surface area contributed by atoms with E-state index < -0.39 is 5.54 Å². The first-order valence-corrected chi connectivity index (χ1v) is 4.93. The molecule has 1 rings (SSSR count). The molecule has 0 aliphatic rings. The molecule has 0 radical (unpaired) electrons. The molecule has 5 nitrogen and oxygen atoms in total. The number of pyridine rings is 1. The number of nitrogens with two attached hydrogens (primary N) is 1. The van der Waals surface area contributed by atoms with Crippen molar-refractivity contribution in [2.45, 2.75) is 19.4 Å². The minimum absolute atomic E-state index is 0.0264. The lowest BCUT2D eigenvalue weighted by atomic mass is 10.0. The van der Waals surface area contributed by atoms with Gasteiger partial charge in [-0.25, -0.2) is 4.98 Å². The minimum atomic E-state index is -0.477. The lowest BCUT2D eigenvalue weighted by molar-refractivity contribution is 0.216. The van der Waals surface area contributed by atoms with Crippen LogP contribution in [0.2, 0.25) is 0 Å². The minimum Gasteiger partial charge on any atom is -0.395 e. The zero-order valence-electron chi connectivity index (χ0n) is 9.73. The average Bonchev–Trinajstić information content (AvgIpc) is 2.28. The summed E-state index contributed by atoms with van der Waals surface area (Å²) in [6, 6.07) is 3.57. The molecule has 0 aromatic carbocycles. The molecule has 0 unspecified atom stereocenters. The van der Waals surface area contributed by atoms with Crippen LogP contribution < -0.4 is 10.6 Å². The van der Waals surface area contributed by atoms with Gasteiger partial charge in [-0.2, -0.15) is 5.26 Å². The van der Waals surface area contributed by atoms with E-state index in [-0.39, 0.29) is 6.61 Å². The lowest BCUT2D eigenvalue weighted by Crippen LogP contribution is -2.45. The Bertz CT molecular complexity index is 422. The fraction of sp³-hybridized carbons (Fsp3) is 0.455. The zero-order valence-corrected chi connectivity index (χ0v) is 9.73. The van der Waals surface area contributed by atoms with Gasteiger partial charge in [-0.05, 0) is 19.9 Å². The number of nitrogens with zero attached hydrogens (tertiary/aromatic N) is 3. The molecule has 0 saturated heterocycles. The van der Waals surface area contributed by atoms with Crippen molar-refractivity contribution in [3.63, 3.8) is 0 Å². The topological polar surface area (TPSA) is 86.2 Å². The molecule has 0 atom stereocenters. The van der Waals surface area contributed by atoms with Crippen LogP contribution in [0.15, 0.2) is 12.3 Å². The second-order valence-corrected chi connectivity index (χ2v) is 4.24. The molecule has 3 N–H and O–H groups in total. The van der Waals surface area contributed by atoms with Crippen LogP contribution in [0.3, 0.4) is 0 Å². The number of aliphatic hydroxyl groups is 1. The van der Waals surface area contributed by atoms with E-state index in [1.807, 2.05) is 19.9 Å². The van der Waals surface area contributed by atoms with Gasteiger partial charge in [-0.1, -0.05) is 0 Å². The van der Waals surface area contributed by atoms with Gasteiger partial charge < -0.3 is 15.7 Å². The summed E-state index contributed by atoms with van der Waals surface area (Å²) in [7, 11) is 1.79. The number of rotatable bonds is 3. The predicted molar refractivity (Wildman–Crippen MR) is 62.9 cm³/mol. The predicted octanol–water partition coefficient (Wildman–Crippen LogP) is 0.743. The van der Waals surface area contributed by atoms with E-state index in [2.05, 4.69) is 4.98 Å². The Morgan fingerprint density at radius 3 is 2.75 bits per heavy atom. The van der Waals surface area contributed by atoms with Gasteiger partial charge in [0.25, 0.3) is 0 Å². The molecule has 5 heteroatoms. The molecule has 0 saturated carbocycles. The van der Waals surface area contributed by atoms with Crippen molar-refractivity contribution in [3.05, 3.63) is 17.8 Å². The Kier molecular flexibility index (Phi) is 3.35. The molecule has 1 aromatic rings. The van der Waals surface area contributed by atoms with Crippen molar-refractivity contribution in [2.75, 3.05) is 24.3 Å². The molecule has 86 valence electrons. The Morgan fingerprint density at radius 1 is 1.62 bits per heavy atom. The Labute approximate surface area is 95.1 Å². The molecule has 1 aromatic heterocycles. The fourth-order valence-corrected chi connectivity index (χ4v) is 1.22. The van der Waals surface area contributed by atoms with E-state index in [1.165, 1.54) is 6.20 Å². The summed E-state index contributed by atoms with van der Waals surface area (Å²) < 4.78 is 0. The van der Waals surface area contributed by atoms with Gasteiger partial charge in [0.15, 0.2) is 5.82 Å². The highest BCUT2D eigenvalue weighted by atomic mass is 16.3. The smallest absolute Gasteiger partial charge is 0.153 e. The Morgan fingerprint density at radius 2 is 2.25 bits per heavy atom. The number of aliphatic hydroxyl groups excluding tert-OH is 1. The largest absolute Gasteiger partial charge is 0.395 e. The van der Waals surface area contributed by atoms with Gasteiger partial charge in [0.05, 0.1) is 23.4 Å². The third-order valence-electron chi connectivity index (χ3n) is 2.70. The summed E-state index contributed by atoms with van der Waals surface area (Å²) in [5.41, 5.74) is 6.10. The SMILES string of the molecule is CN(c1nccc(C#N)c1N)C(C)(C)CO. The van der Waals surface area contributed by atoms with E-state index >= 15 is 0 Å². The van der Waals surface area contributed by atoms with Crippen molar-refractivity contribution in [2.24, 2.45) is 0 Å². The third-order valence-corrected chi connectivity index (χ3v) is 2.70. The van der Waals surface area contributed by atoms with Crippen LogP contribution in [0, 0.1) is 11.3 Å². The molecule has 0 amide bonds. The molecule has 0 aliphatic heterocycles. The highest BCUT2D eigenvalue weighted by Crippen LogP contribution is 2.27. The van der Waals surface area contributed by atoms with E-state index in [0.29, 0.717) is 17.1 Å². The Balaban J connectivity index is 3.20. The van der Waals surface area contributed by atoms with Gasteiger partial charge in [0, 0.05) is 13.2 Å². The summed E-state index contributed by atoms with van der Waals surface area (Å²) in [5, 5.41) is 18.1. The van der Waals surface area contributed by atoms with E-state index in [1.54, 1.807) is 18.0 Å². The van der Waals surface area contributed by atoms with Gasteiger partial charge in [0.2, 0.25) is 0 Å². The maximum absolute atomic E-state index is 9.27. The van der Waals surface area contributed by atoms with Crippen LogP contribution in [-0.2, 0) is 0 Å². The van der Waals surface area contributed by atoms with E-state index in [0.717, 1.165) is 0 Å². The molecule has 16 heavy (non-hydrogen) atoms. The number of nitriles is 1. The van der Waals surface area contributed by atoms with Crippen molar-refractivity contribution in [3.8, 4) is 6.07 Å². The van der Waals surface area contributed by atoms with Crippen molar-refractivity contribution in [1.29, 1.82) is 5.26 Å². The maximum Gasteiger partial charge on any atom is 0.153 e. The van der Waals surface area contributed by atoms with Crippen LogP contribution in [0.4, 0.5) is 11.5 Å². The monoisotopic (exact) mass is 220 g/mol. The number of hydrogen-bond acceptors (Lipinski definition) is 5. The fourth-order valence-electron chi connectivity index (χ4n) is 1.22. The Hall–Kier alpha value is -1.80. The van der Waals surface area contributed by atoms with Gasteiger partial charge in [-0.3, -0.25) is 0 Å².